The minimum Gasteiger partial charge on any atom is -0.261 e. The van der Waals surface area contributed by atoms with Crippen molar-refractivity contribution in [1.29, 1.82) is 0 Å². The van der Waals surface area contributed by atoms with E-state index in [1.165, 1.54) is 30.6 Å². The molecule has 3 atom stereocenters. The third kappa shape index (κ3) is 4.28. The molecule has 218 valence electrons. The number of nitrogens with zero attached hydrogens (tertiary/aromatic N) is 7. The van der Waals surface area contributed by atoms with Gasteiger partial charge in [-0.3, -0.25) is 13.7 Å². The first kappa shape index (κ1) is 28.0. The molecule has 15 heteroatoms. The third-order valence-corrected chi connectivity index (χ3v) is 9.23. The maximum absolute atomic E-state index is 14.5. The minimum absolute atomic E-state index is 0.0252. The van der Waals surface area contributed by atoms with E-state index in [0.717, 1.165) is 16.7 Å². The van der Waals surface area contributed by atoms with Crippen LogP contribution in [-0.4, -0.2) is 46.2 Å². The van der Waals surface area contributed by atoms with Gasteiger partial charge in [-0.25, -0.2) is 18.7 Å². The van der Waals surface area contributed by atoms with Crippen LogP contribution >= 0.6 is 0 Å². The number of thiol groups is 1. The zero-order valence-corrected chi connectivity index (χ0v) is 23.0. The molecular formula is C27H22F5N7O2S. The van der Waals surface area contributed by atoms with Gasteiger partial charge in [0.25, 0.3) is 0 Å². The second-order valence-corrected chi connectivity index (χ2v) is 12.0. The lowest BCUT2D eigenvalue weighted by Gasteiger charge is -2.37. The summed E-state index contributed by atoms with van der Waals surface area (Å²) in [5.74, 6) is -4.13. The maximum Gasteiger partial charge on any atom is 0.474 e. The number of carbonyl (C=O) groups excluding carboxylic acids is 1. The highest BCUT2D eigenvalue weighted by atomic mass is 32.2. The molecule has 2 bridgehead atoms. The van der Waals surface area contributed by atoms with Gasteiger partial charge in [-0.1, -0.05) is 19.9 Å². The number of hydrogen-bond donors (Lipinski definition) is 1. The van der Waals surface area contributed by atoms with Crippen LogP contribution in [0.4, 0.5) is 22.0 Å². The molecule has 0 saturated heterocycles. The highest BCUT2D eigenvalue weighted by Gasteiger charge is 2.65. The first-order valence-electron chi connectivity index (χ1n) is 12.8. The summed E-state index contributed by atoms with van der Waals surface area (Å²) < 4.78 is 82.1. The second kappa shape index (κ2) is 9.71. The van der Waals surface area contributed by atoms with E-state index in [-0.39, 0.29) is 23.0 Å². The quantitative estimate of drug-likeness (QED) is 0.253. The Labute approximate surface area is 237 Å². The van der Waals surface area contributed by atoms with Gasteiger partial charge >= 0.3 is 12.1 Å². The predicted molar refractivity (Wildman–Crippen MR) is 140 cm³/mol. The number of fused-ring (bicyclic) bond motifs is 5. The lowest BCUT2D eigenvalue weighted by atomic mass is 9.66. The van der Waals surface area contributed by atoms with Crippen molar-refractivity contribution in [2.24, 2.45) is 9.78 Å². The van der Waals surface area contributed by atoms with Gasteiger partial charge in [0.1, 0.15) is 17.5 Å². The summed E-state index contributed by atoms with van der Waals surface area (Å²) in [6, 6.07) is 7.11. The van der Waals surface area contributed by atoms with E-state index >= 15 is 0 Å². The average molecular weight is 604 g/mol. The van der Waals surface area contributed by atoms with E-state index in [1.54, 1.807) is 18.3 Å². The van der Waals surface area contributed by atoms with Crippen LogP contribution in [0.15, 0.2) is 53.3 Å². The monoisotopic (exact) mass is 603 g/mol. The van der Waals surface area contributed by atoms with Gasteiger partial charge in [0, 0.05) is 12.4 Å². The Balaban J connectivity index is 1.36. The molecule has 2 aliphatic rings. The summed E-state index contributed by atoms with van der Waals surface area (Å²) in [5, 5.41) is 12.7. The molecule has 0 spiro atoms. The molecule has 1 aromatic carbocycles. The molecule has 4 aromatic rings. The van der Waals surface area contributed by atoms with Crippen LogP contribution in [0.1, 0.15) is 49.6 Å². The van der Waals surface area contributed by atoms with Gasteiger partial charge in [0.05, 0.1) is 50.4 Å². The Bertz CT molecular complexity index is 1810. The van der Waals surface area contributed by atoms with E-state index in [0.29, 0.717) is 23.4 Å². The molecule has 1 fully saturated rings. The Kier molecular flexibility index (Phi) is 6.48. The first-order chi connectivity index (χ1) is 19.8. The van der Waals surface area contributed by atoms with Gasteiger partial charge in [0.2, 0.25) is 0 Å². The number of carbonyl (C=O) groups is 1. The maximum atomic E-state index is 14.5. The van der Waals surface area contributed by atoms with Gasteiger partial charge < -0.3 is 0 Å². The van der Waals surface area contributed by atoms with Crippen molar-refractivity contribution in [2.45, 2.75) is 50.1 Å². The molecule has 1 amide bonds. The third-order valence-electron chi connectivity index (χ3n) is 8.30. The van der Waals surface area contributed by atoms with Crippen LogP contribution in [0.3, 0.4) is 0 Å². The Morgan fingerprint density at radius 1 is 1.17 bits per heavy atom. The van der Waals surface area contributed by atoms with Crippen molar-refractivity contribution >= 4 is 16.5 Å². The summed E-state index contributed by atoms with van der Waals surface area (Å²) >= 11 is 0. The summed E-state index contributed by atoms with van der Waals surface area (Å²) in [5.41, 5.74) is 1.40. The minimum atomic E-state index is -5.21. The molecule has 9 nitrogen and oxygen atoms in total. The molecule has 3 heterocycles. The number of rotatable bonds is 5. The Morgan fingerprint density at radius 2 is 1.90 bits per heavy atom. The van der Waals surface area contributed by atoms with E-state index < -0.39 is 51.0 Å². The standard InChI is InChI=1S/C27H22F5N7O2S/c1-25(2)16-6-8-26(25,22-15(16)10-19(36-37-22)21-17(28)4-3-5-18(21)29)20-7-9-33-23(35-20)14-11-34-39(12-14)13-42(41)38-24(40)27(30,31)32/h3-5,7,9-12,16,42H,6,8,13H2,1-2H3/t16-,26+/m0/s1. The van der Waals surface area contributed by atoms with Gasteiger partial charge in [-0.05, 0) is 54.0 Å². The molecule has 0 aliphatic heterocycles. The molecule has 1 saturated carbocycles. The summed E-state index contributed by atoms with van der Waals surface area (Å²) in [4.78, 5) is 20.2. The van der Waals surface area contributed by atoms with Crippen molar-refractivity contribution in [1.82, 2.24) is 29.9 Å². The fourth-order valence-electron chi connectivity index (χ4n) is 6.36. The number of amides is 1. The predicted octanol–water partition coefficient (Wildman–Crippen LogP) is 4.99. The first-order valence-corrected chi connectivity index (χ1v) is 14.2. The van der Waals surface area contributed by atoms with Crippen LogP contribution in [-0.2, 0) is 26.7 Å². The molecule has 2 aliphatic carbocycles. The number of benzene rings is 1. The van der Waals surface area contributed by atoms with Crippen LogP contribution in [0, 0.1) is 17.0 Å². The normalized spacial score (nSPS) is 21.5. The van der Waals surface area contributed by atoms with Gasteiger partial charge in [-0.15, -0.1) is 5.10 Å². The average Bonchev–Trinajstić information content (AvgIpc) is 3.55. The van der Waals surface area contributed by atoms with Crippen LogP contribution in [0.5, 0.6) is 0 Å². The summed E-state index contributed by atoms with van der Waals surface area (Å²) in [6.45, 7) is 4.19. The zero-order valence-electron chi connectivity index (χ0n) is 22.1. The largest absolute Gasteiger partial charge is 0.474 e. The van der Waals surface area contributed by atoms with E-state index in [4.69, 9.17) is 4.98 Å². The Hall–Kier alpha value is -4.14. The molecule has 1 unspecified atom stereocenters. The van der Waals surface area contributed by atoms with E-state index in [9.17, 15) is 31.0 Å². The van der Waals surface area contributed by atoms with E-state index in [2.05, 4.69) is 38.5 Å². The second-order valence-electron chi connectivity index (χ2n) is 10.8. The topological polar surface area (TPSA) is 116 Å². The molecule has 0 N–H and O–H groups in total. The van der Waals surface area contributed by atoms with Gasteiger partial charge in [-0.2, -0.15) is 27.7 Å². The van der Waals surface area contributed by atoms with Crippen LogP contribution < -0.4 is 0 Å². The number of halogens is 5. The lowest BCUT2D eigenvalue weighted by Crippen LogP contribution is -2.38. The van der Waals surface area contributed by atoms with Crippen molar-refractivity contribution in [3.05, 3.63) is 77.5 Å². The fraction of sp³-hybridized carbons (Fsp3) is 0.333. The SMILES string of the molecule is CC1(C)[C@H]2CC[C@@]1(c1ccnc(-c3cnn(C/[SH](=O)=N\C(=O)C(F)(F)F)c3)n1)c1nnc(-c3c(F)cccc3F)cc12. The van der Waals surface area contributed by atoms with E-state index in [1.807, 2.05) is 0 Å². The Morgan fingerprint density at radius 3 is 2.62 bits per heavy atom. The summed E-state index contributed by atoms with van der Waals surface area (Å²) in [6.07, 6.45) is 0.614. The number of hydrogen-bond acceptors (Lipinski definition) is 7. The number of aromatic nitrogens is 6. The molecule has 42 heavy (non-hydrogen) atoms. The van der Waals surface area contributed by atoms with Crippen molar-refractivity contribution in [3.8, 4) is 22.6 Å². The molecule has 6 rings (SSSR count). The number of alkyl halides is 3. The highest BCUT2D eigenvalue weighted by Crippen LogP contribution is 2.69. The molecular weight excluding hydrogens is 581 g/mol. The van der Waals surface area contributed by atoms with Crippen LogP contribution in [0.25, 0.3) is 22.6 Å². The lowest BCUT2D eigenvalue weighted by molar-refractivity contribution is -0.169. The smallest absolute Gasteiger partial charge is 0.261 e. The van der Waals surface area contributed by atoms with Gasteiger partial charge in [0.15, 0.2) is 5.82 Å². The zero-order chi connectivity index (χ0) is 30.0. The van der Waals surface area contributed by atoms with Crippen LogP contribution in [0.2, 0.25) is 0 Å². The highest BCUT2D eigenvalue weighted by molar-refractivity contribution is 7.74. The van der Waals surface area contributed by atoms with Crippen molar-refractivity contribution in [2.75, 3.05) is 0 Å². The fourth-order valence-corrected chi connectivity index (χ4v) is 7.14. The van der Waals surface area contributed by atoms with Crippen molar-refractivity contribution < 1.29 is 31.0 Å². The summed E-state index contributed by atoms with van der Waals surface area (Å²) in [7, 11) is -2.90. The molecule has 0 radical (unpaired) electrons. The van der Waals surface area contributed by atoms with Crippen molar-refractivity contribution in [3.63, 3.8) is 0 Å². The molecule has 3 aromatic heterocycles.